The fourth-order valence-corrected chi connectivity index (χ4v) is 6.74. The summed E-state index contributed by atoms with van der Waals surface area (Å²) < 4.78 is 2.17. The van der Waals surface area contributed by atoms with E-state index < -0.39 is 0 Å². The quantitative estimate of drug-likeness (QED) is 0.184. The van der Waals surface area contributed by atoms with Crippen LogP contribution in [0.15, 0.2) is 182 Å². The average molecular weight is 627 g/mol. The van der Waals surface area contributed by atoms with Gasteiger partial charge in [0.15, 0.2) is 0 Å². The largest absolute Gasteiger partial charge is 0.299 e. The van der Waals surface area contributed by atoms with Crippen LogP contribution >= 0.6 is 0 Å². The van der Waals surface area contributed by atoms with Crippen molar-refractivity contribution in [2.24, 2.45) is 0 Å². The molecule has 6 aromatic carbocycles. The molecule has 3 heterocycles. The second-order valence-electron chi connectivity index (χ2n) is 12.2. The van der Waals surface area contributed by atoms with Gasteiger partial charge in [0.05, 0.1) is 11.4 Å². The first-order valence-electron chi connectivity index (χ1n) is 16.5. The summed E-state index contributed by atoms with van der Waals surface area (Å²) in [6.45, 7) is 0. The maximum atomic E-state index is 5.03. The molecule has 49 heavy (non-hydrogen) atoms. The molecule has 9 aromatic rings. The van der Waals surface area contributed by atoms with Gasteiger partial charge in [0.25, 0.3) is 0 Å². The molecule has 0 spiro atoms. The Kier molecular flexibility index (Phi) is 7.10. The van der Waals surface area contributed by atoms with Crippen LogP contribution in [0.4, 0.5) is 0 Å². The fourth-order valence-electron chi connectivity index (χ4n) is 6.74. The Morgan fingerprint density at radius 2 is 0.776 bits per heavy atom. The molecule has 230 valence electrons. The lowest BCUT2D eigenvalue weighted by molar-refractivity contribution is 1.06. The first-order chi connectivity index (χ1) is 24.3. The fraction of sp³-hybridized carbons (Fsp3) is 0. The summed E-state index contributed by atoms with van der Waals surface area (Å²) in [6.07, 6.45) is 2.09. The van der Waals surface area contributed by atoms with E-state index in [2.05, 4.69) is 156 Å². The van der Waals surface area contributed by atoms with Crippen LogP contribution in [0.5, 0.6) is 0 Å². The number of aromatic nitrogens is 4. The van der Waals surface area contributed by atoms with Crippen molar-refractivity contribution in [3.05, 3.63) is 182 Å². The first-order valence-corrected chi connectivity index (χ1v) is 16.5. The van der Waals surface area contributed by atoms with E-state index >= 15 is 0 Å². The third-order valence-corrected chi connectivity index (χ3v) is 9.12. The maximum absolute atomic E-state index is 5.03. The molecule has 0 atom stereocenters. The highest BCUT2D eigenvalue weighted by atomic mass is 15.1. The Bertz CT molecular complexity index is 2570. The van der Waals surface area contributed by atoms with Gasteiger partial charge in [-0.25, -0.2) is 4.98 Å². The zero-order valence-corrected chi connectivity index (χ0v) is 26.6. The van der Waals surface area contributed by atoms with Crippen molar-refractivity contribution in [1.82, 2.24) is 19.6 Å². The van der Waals surface area contributed by atoms with Crippen molar-refractivity contribution in [2.45, 2.75) is 0 Å². The summed E-state index contributed by atoms with van der Waals surface area (Å²) in [5.41, 5.74) is 13.5. The smallest absolute Gasteiger partial charge is 0.137 e. The van der Waals surface area contributed by atoms with Gasteiger partial charge in [0.2, 0.25) is 0 Å². The normalized spacial score (nSPS) is 11.3. The molecule has 3 aromatic heterocycles. The molecule has 0 bridgehead atoms. The average Bonchev–Trinajstić information content (AvgIpc) is 3.58. The minimum Gasteiger partial charge on any atom is -0.299 e. The van der Waals surface area contributed by atoms with E-state index in [1.54, 1.807) is 0 Å². The molecule has 0 aliphatic carbocycles. The second kappa shape index (κ2) is 12.2. The standard InChI is InChI=1S/C45H30N4/c1-4-14-31(15-5-1)36-28-37(30-38(29-36)43-40-21-11-10-20-39(40)42(47-48-43)33-16-6-2-7-17-33)32-23-25-35(26-24-32)45-44(34-18-8-3-9-19-34)46-41-22-12-13-27-49(41)45/h1-30H. The Morgan fingerprint density at radius 1 is 0.327 bits per heavy atom. The third-order valence-electron chi connectivity index (χ3n) is 9.12. The number of benzene rings is 6. The molecule has 0 saturated heterocycles. The van der Waals surface area contributed by atoms with Gasteiger partial charge in [-0.2, -0.15) is 0 Å². The SMILES string of the molecule is c1ccc(-c2cc(-c3ccc(-c4c(-c5ccccc5)nc5ccccn45)cc3)cc(-c3nnc(-c4ccccc4)c4ccccc34)c2)cc1. The monoisotopic (exact) mass is 626 g/mol. The van der Waals surface area contributed by atoms with Gasteiger partial charge in [0.1, 0.15) is 17.0 Å². The maximum Gasteiger partial charge on any atom is 0.137 e. The third kappa shape index (κ3) is 5.26. The lowest BCUT2D eigenvalue weighted by Crippen LogP contribution is -1.96. The van der Waals surface area contributed by atoms with Crippen molar-refractivity contribution in [3.8, 4) is 67.3 Å². The van der Waals surface area contributed by atoms with Gasteiger partial charge in [-0.05, 0) is 52.6 Å². The predicted molar refractivity (Wildman–Crippen MR) is 201 cm³/mol. The summed E-state index contributed by atoms with van der Waals surface area (Å²) in [7, 11) is 0. The molecule has 0 N–H and O–H groups in total. The minimum absolute atomic E-state index is 0.865. The molecule has 4 nitrogen and oxygen atoms in total. The molecule has 0 aliphatic heterocycles. The van der Waals surface area contributed by atoms with Crippen molar-refractivity contribution in [1.29, 1.82) is 0 Å². The highest BCUT2D eigenvalue weighted by molar-refractivity contribution is 6.02. The van der Waals surface area contributed by atoms with Crippen molar-refractivity contribution < 1.29 is 0 Å². The molecule has 0 radical (unpaired) electrons. The first kappa shape index (κ1) is 28.6. The van der Waals surface area contributed by atoms with Crippen LogP contribution in [-0.2, 0) is 0 Å². The molecule has 0 unspecified atom stereocenters. The van der Waals surface area contributed by atoms with E-state index in [9.17, 15) is 0 Å². The second-order valence-corrected chi connectivity index (χ2v) is 12.2. The van der Waals surface area contributed by atoms with Crippen LogP contribution in [0.1, 0.15) is 0 Å². The van der Waals surface area contributed by atoms with E-state index in [-0.39, 0.29) is 0 Å². The molecule has 0 fully saturated rings. The van der Waals surface area contributed by atoms with Crippen LogP contribution in [0, 0.1) is 0 Å². The van der Waals surface area contributed by atoms with Crippen LogP contribution in [-0.4, -0.2) is 19.6 Å². The predicted octanol–water partition coefficient (Wildman–Crippen LogP) is 11.3. The van der Waals surface area contributed by atoms with Gasteiger partial charge in [-0.1, -0.05) is 146 Å². The van der Waals surface area contributed by atoms with E-state index in [1.807, 2.05) is 30.3 Å². The highest BCUT2D eigenvalue weighted by Crippen LogP contribution is 2.38. The van der Waals surface area contributed by atoms with Crippen LogP contribution < -0.4 is 0 Å². The zero-order valence-electron chi connectivity index (χ0n) is 26.6. The molecular weight excluding hydrogens is 597 g/mol. The van der Waals surface area contributed by atoms with Crippen molar-refractivity contribution >= 4 is 16.4 Å². The van der Waals surface area contributed by atoms with E-state index in [0.717, 1.165) is 83.7 Å². The summed E-state index contributed by atoms with van der Waals surface area (Å²) >= 11 is 0. The lowest BCUT2D eigenvalue weighted by atomic mass is 9.92. The summed E-state index contributed by atoms with van der Waals surface area (Å²) in [5, 5.41) is 11.8. The number of pyridine rings is 1. The van der Waals surface area contributed by atoms with Crippen LogP contribution in [0.25, 0.3) is 83.7 Å². The van der Waals surface area contributed by atoms with Crippen LogP contribution in [0.2, 0.25) is 0 Å². The van der Waals surface area contributed by atoms with Gasteiger partial charge in [-0.3, -0.25) is 4.40 Å². The number of rotatable bonds is 6. The summed E-state index contributed by atoms with van der Waals surface area (Å²) in [4.78, 5) is 5.03. The number of fused-ring (bicyclic) bond motifs is 2. The number of nitrogens with zero attached hydrogens (tertiary/aromatic N) is 4. The number of imidazole rings is 1. The molecule has 9 rings (SSSR count). The zero-order chi connectivity index (χ0) is 32.6. The van der Waals surface area contributed by atoms with Gasteiger partial charge in [0, 0.05) is 39.2 Å². The summed E-state index contributed by atoms with van der Waals surface area (Å²) in [5.74, 6) is 0. The van der Waals surface area contributed by atoms with Gasteiger partial charge < -0.3 is 0 Å². The number of hydrogen-bond acceptors (Lipinski definition) is 3. The van der Waals surface area contributed by atoms with E-state index in [4.69, 9.17) is 15.2 Å². The molecule has 0 aliphatic rings. The van der Waals surface area contributed by atoms with Gasteiger partial charge >= 0.3 is 0 Å². The lowest BCUT2D eigenvalue weighted by Gasteiger charge is -2.14. The molecule has 0 saturated carbocycles. The Labute approximate surface area is 284 Å². The van der Waals surface area contributed by atoms with Crippen molar-refractivity contribution in [3.63, 3.8) is 0 Å². The number of hydrogen-bond donors (Lipinski definition) is 0. The van der Waals surface area contributed by atoms with Gasteiger partial charge in [-0.15, -0.1) is 10.2 Å². The Morgan fingerprint density at radius 3 is 1.39 bits per heavy atom. The Hall–Kier alpha value is -6.65. The molecule has 4 heteroatoms. The highest BCUT2D eigenvalue weighted by Gasteiger charge is 2.17. The molecular formula is C45H30N4. The summed E-state index contributed by atoms with van der Waals surface area (Å²) in [6, 6.07) is 61.4. The minimum atomic E-state index is 0.865. The van der Waals surface area contributed by atoms with Crippen LogP contribution in [0.3, 0.4) is 0 Å². The Balaban J connectivity index is 1.19. The topological polar surface area (TPSA) is 43.1 Å². The van der Waals surface area contributed by atoms with E-state index in [1.165, 1.54) is 0 Å². The molecule has 0 amide bonds. The van der Waals surface area contributed by atoms with Crippen molar-refractivity contribution in [2.75, 3.05) is 0 Å². The van der Waals surface area contributed by atoms with E-state index in [0.29, 0.717) is 0 Å².